The van der Waals surface area contributed by atoms with Crippen LogP contribution in [-0.2, 0) is 6.54 Å². The topological polar surface area (TPSA) is 62.9 Å². The maximum atomic E-state index is 5.83. The highest BCUT2D eigenvalue weighted by molar-refractivity contribution is 5.76. The molecule has 1 atom stereocenters. The lowest BCUT2D eigenvalue weighted by Gasteiger charge is -2.26. The molecule has 0 spiro atoms. The van der Waals surface area contributed by atoms with Gasteiger partial charge in [0.2, 0.25) is 0 Å². The fraction of sp³-hybridized carbons (Fsp3) is 0.304. The Morgan fingerprint density at radius 1 is 1.07 bits per heavy atom. The minimum absolute atomic E-state index is 0.188. The average molecular weight is 387 g/mol. The summed E-state index contributed by atoms with van der Waals surface area (Å²) in [6.07, 6.45) is 8.08. The summed E-state index contributed by atoms with van der Waals surface area (Å²) in [4.78, 5) is 15.1. The van der Waals surface area contributed by atoms with Crippen LogP contribution in [-0.4, -0.2) is 37.5 Å². The molecular formula is C23H25N5O. The molecular weight excluding hydrogens is 362 g/mol. The van der Waals surface area contributed by atoms with Crippen LogP contribution < -0.4 is 0 Å². The van der Waals surface area contributed by atoms with Crippen molar-refractivity contribution in [2.24, 2.45) is 0 Å². The Bertz CT molecular complexity index is 1060. The molecule has 6 heteroatoms. The van der Waals surface area contributed by atoms with Crippen molar-refractivity contribution < 1.29 is 4.42 Å². The summed E-state index contributed by atoms with van der Waals surface area (Å²) < 4.78 is 8.06. The molecule has 4 heterocycles. The molecule has 3 aromatic heterocycles. The van der Waals surface area contributed by atoms with Gasteiger partial charge in [-0.05, 0) is 45.0 Å². The van der Waals surface area contributed by atoms with Gasteiger partial charge in [-0.3, -0.25) is 4.90 Å². The van der Waals surface area contributed by atoms with Crippen molar-refractivity contribution in [1.82, 2.24) is 24.4 Å². The first-order valence-corrected chi connectivity index (χ1v) is 10.2. The van der Waals surface area contributed by atoms with Gasteiger partial charge >= 0.3 is 0 Å². The molecule has 0 bridgehead atoms. The maximum absolute atomic E-state index is 5.83. The first-order valence-electron chi connectivity index (χ1n) is 10.2. The Kier molecular flexibility index (Phi) is 4.77. The summed E-state index contributed by atoms with van der Waals surface area (Å²) >= 11 is 0. The second-order valence-corrected chi connectivity index (χ2v) is 7.62. The molecule has 0 radical (unpaired) electrons. The van der Waals surface area contributed by atoms with Crippen LogP contribution in [0.25, 0.3) is 22.6 Å². The second kappa shape index (κ2) is 7.72. The van der Waals surface area contributed by atoms with Crippen LogP contribution in [0.4, 0.5) is 0 Å². The van der Waals surface area contributed by atoms with Gasteiger partial charge in [-0.25, -0.2) is 9.97 Å². The number of aromatic nitrogens is 4. The van der Waals surface area contributed by atoms with Crippen molar-refractivity contribution in [2.75, 3.05) is 13.1 Å². The molecule has 6 nitrogen and oxygen atoms in total. The molecule has 1 saturated heterocycles. The summed E-state index contributed by atoms with van der Waals surface area (Å²) in [5, 5.41) is 0. The van der Waals surface area contributed by atoms with E-state index in [0.29, 0.717) is 0 Å². The smallest absolute Gasteiger partial charge is 0.122 e. The van der Waals surface area contributed by atoms with Crippen LogP contribution >= 0.6 is 0 Å². The number of aromatic amines is 1. The first kappa shape index (κ1) is 17.9. The van der Waals surface area contributed by atoms with E-state index in [0.717, 1.165) is 53.9 Å². The minimum atomic E-state index is 0.188. The molecule has 0 unspecified atom stereocenters. The highest BCUT2D eigenvalue weighted by Gasteiger charge is 2.28. The Balaban J connectivity index is 1.58. The molecule has 0 saturated carbocycles. The van der Waals surface area contributed by atoms with Gasteiger partial charge in [0.15, 0.2) is 0 Å². The van der Waals surface area contributed by atoms with Crippen LogP contribution in [0.15, 0.2) is 65.7 Å². The molecule has 1 fully saturated rings. The summed E-state index contributed by atoms with van der Waals surface area (Å²) in [6.45, 7) is 4.96. The number of aryl methyl sites for hydroxylation is 1. The van der Waals surface area contributed by atoms with E-state index in [1.165, 1.54) is 12.8 Å². The zero-order valence-corrected chi connectivity index (χ0v) is 16.6. The van der Waals surface area contributed by atoms with Crippen molar-refractivity contribution in [3.63, 3.8) is 0 Å². The molecule has 1 N–H and O–H groups in total. The number of furan rings is 1. The zero-order chi connectivity index (χ0) is 19.6. The number of H-pyrrole nitrogens is 1. The average Bonchev–Trinajstić information content (AvgIpc) is 3.54. The van der Waals surface area contributed by atoms with Crippen molar-refractivity contribution in [2.45, 2.75) is 32.4 Å². The van der Waals surface area contributed by atoms with Gasteiger partial charge in [0.05, 0.1) is 41.9 Å². The normalized spacial score (nSPS) is 15.8. The predicted octanol–water partition coefficient (Wildman–Crippen LogP) is 4.68. The monoisotopic (exact) mass is 387 g/mol. The molecule has 148 valence electrons. The molecule has 0 amide bonds. The number of imidazole rings is 2. The number of nitrogens with zero attached hydrogens (tertiary/aromatic N) is 4. The Morgan fingerprint density at radius 2 is 1.90 bits per heavy atom. The standard InChI is InChI=1S/C23H25N5O/c1-17-24-14-19(26-17)23-22(18-8-3-2-4-9-18)25-16-28(23)15-20(21-10-7-13-29-21)27-11-5-6-12-27/h2-4,7-10,13-14,16,20H,5-6,11-12,15H2,1H3,(H,24,26)/t20-/m0/s1. The van der Waals surface area contributed by atoms with Crippen molar-refractivity contribution >= 4 is 0 Å². The number of benzene rings is 1. The molecule has 1 aromatic carbocycles. The van der Waals surface area contributed by atoms with Crippen molar-refractivity contribution in [3.05, 3.63) is 72.8 Å². The summed E-state index contributed by atoms with van der Waals surface area (Å²) in [6, 6.07) is 14.6. The summed E-state index contributed by atoms with van der Waals surface area (Å²) in [7, 11) is 0. The number of rotatable bonds is 6. The molecule has 29 heavy (non-hydrogen) atoms. The quantitative estimate of drug-likeness (QED) is 0.522. The lowest BCUT2D eigenvalue weighted by molar-refractivity contribution is 0.194. The van der Waals surface area contributed by atoms with Gasteiger partial charge in [0.25, 0.3) is 0 Å². The SMILES string of the molecule is Cc1ncc(-c2c(-c3ccccc3)ncn2C[C@@H](c2ccco2)N2CCCC2)[nH]1. The molecule has 1 aliphatic rings. The van der Waals surface area contributed by atoms with Crippen LogP contribution in [0.3, 0.4) is 0 Å². The predicted molar refractivity (Wildman–Crippen MR) is 112 cm³/mol. The highest BCUT2D eigenvalue weighted by Crippen LogP contribution is 2.33. The van der Waals surface area contributed by atoms with Crippen LogP contribution in [0.1, 0.15) is 30.5 Å². The van der Waals surface area contributed by atoms with E-state index in [4.69, 9.17) is 9.40 Å². The lowest BCUT2D eigenvalue weighted by Crippen LogP contribution is -2.29. The van der Waals surface area contributed by atoms with Gasteiger partial charge in [-0.1, -0.05) is 30.3 Å². The van der Waals surface area contributed by atoms with Gasteiger partial charge in [0.1, 0.15) is 11.6 Å². The first-order chi connectivity index (χ1) is 14.3. The zero-order valence-electron chi connectivity index (χ0n) is 16.6. The maximum Gasteiger partial charge on any atom is 0.122 e. The van der Waals surface area contributed by atoms with Crippen LogP contribution in [0.5, 0.6) is 0 Å². The largest absolute Gasteiger partial charge is 0.468 e. The minimum Gasteiger partial charge on any atom is -0.468 e. The summed E-state index contributed by atoms with van der Waals surface area (Å²) in [5.74, 6) is 1.91. The third-order valence-corrected chi connectivity index (χ3v) is 5.67. The van der Waals surface area contributed by atoms with E-state index in [9.17, 15) is 0 Å². The van der Waals surface area contributed by atoms with Gasteiger partial charge in [0, 0.05) is 12.1 Å². The van der Waals surface area contributed by atoms with Crippen LogP contribution in [0, 0.1) is 6.92 Å². The van der Waals surface area contributed by atoms with Crippen molar-refractivity contribution in [3.8, 4) is 22.6 Å². The van der Waals surface area contributed by atoms with Crippen LogP contribution in [0.2, 0.25) is 0 Å². The Morgan fingerprint density at radius 3 is 2.59 bits per heavy atom. The third-order valence-electron chi connectivity index (χ3n) is 5.67. The highest BCUT2D eigenvalue weighted by atomic mass is 16.3. The molecule has 5 rings (SSSR count). The summed E-state index contributed by atoms with van der Waals surface area (Å²) in [5.41, 5.74) is 4.11. The lowest BCUT2D eigenvalue weighted by atomic mass is 10.1. The molecule has 4 aromatic rings. The van der Waals surface area contributed by atoms with E-state index < -0.39 is 0 Å². The van der Waals surface area contributed by atoms with Gasteiger partial charge in [-0.2, -0.15) is 0 Å². The Labute approximate surface area is 170 Å². The fourth-order valence-electron chi connectivity index (χ4n) is 4.26. The molecule has 1 aliphatic heterocycles. The van der Waals surface area contributed by atoms with Crippen molar-refractivity contribution in [1.29, 1.82) is 0 Å². The number of hydrogen-bond acceptors (Lipinski definition) is 4. The van der Waals surface area contributed by atoms with Gasteiger partial charge in [-0.15, -0.1) is 0 Å². The van der Waals surface area contributed by atoms with E-state index in [1.54, 1.807) is 6.26 Å². The second-order valence-electron chi connectivity index (χ2n) is 7.62. The number of hydrogen-bond donors (Lipinski definition) is 1. The van der Waals surface area contributed by atoms with E-state index >= 15 is 0 Å². The Hall–Kier alpha value is -3.12. The third kappa shape index (κ3) is 3.51. The molecule has 0 aliphatic carbocycles. The number of nitrogens with one attached hydrogen (secondary N) is 1. The van der Waals surface area contributed by atoms with E-state index in [2.05, 4.69) is 37.6 Å². The van der Waals surface area contributed by atoms with E-state index in [1.807, 2.05) is 43.7 Å². The fourth-order valence-corrected chi connectivity index (χ4v) is 4.26. The van der Waals surface area contributed by atoms with Gasteiger partial charge < -0.3 is 14.0 Å². The number of likely N-dealkylation sites (tertiary alicyclic amines) is 1. The van der Waals surface area contributed by atoms with E-state index in [-0.39, 0.29) is 6.04 Å².